The van der Waals surface area contributed by atoms with Crippen molar-refractivity contribution < 1.29 is 14.6 Å². The number of carbonyl (C=O) groups is 1. The molecule has 1 aromatic rings. The molecule has 2 rings (SSSR count). The average Bonchev–Trinajstić information content (AvgIpc) is 2.40. The maximum atomic E-state index is 11.4. The van der Waals surface area contributed by atoms with Gasteiger partial charge in [0.25, 0.3) is 0 Å². The van der Waals surface area contributed by atoms with Crippen LogP contribution in [0.1, 0.15) is 6.92 Å². The number of hydrogen-bond acceptors (Lipinski definition) is 4. The van der Waals surface area contributed by atoms with Gasteiger partial charge in [-0.05, 0) is 26.1 Å². The van der Waals surface area contributed by atoms with E-state index in [2.05, 4.69) is 0 Å². The largest absolute Gasteiger partial charge is 0.492 e. The molecule has 0 aromatic heterocycles. The maximum Gasteiger partial charge on any atom is 0.327 e. The van der Waals surface area contributed by atoms with Crippen LogP contribution in [0, 0.1) is 0 Å². The summed E-state index contributed by atoms with van der Waals surface area (Å²) in [4.78, 5) is 15.4. The zero-order valence-electron chi connectivity index (χ0n) is 11.4. The van der Waals surface area contributed by atoms with E-state index in [9.17, 15) is 9.90 Å². The number of carboxylic acid groups (broad SMARTS) is 1. The van der Waals surface area contributed by atoms with Crippen molar-refractivity contribution in [2.45, 2.75) is 13.0 Å². The second-order valence-corrected chi connectivity index (χ2v) is 4.71. The van der Waals surface area contributed by atoms with E-state index < -0.39 is 12.0 Å². The van der Waals surface area contributed by atoms with Crippen LogP contribution in [0.25, 0.3) is 0 Å². The van der Waals surface area contributed by atoms with Crippen LogP contribution in [0.5, 0.6) is 5.75 Å². The monoisotopic (exact) mass is 264 g/mol. The van der Waals surface area contributed by atoms with Crippen LogP contribution >= 0.6 is 0 Å². The Morgan fingerprint density at radius 2 is 2.16 bits per heavy atom. The highest BCUT2D eigenvalue weighted by molar-refractivity contribution is 5.80. The minimum absolute atomic E-state index is 0.524. The number of piperazine rings is 1. The molecule has 1 N–H and O–H groups in total. The van der Waals surface area contributed by atoms with E-state index in [-0.39, 0.29) is 0 Å². The summed E-state index contributed by atoms with van der Waals surface area (Å²) >= 11 is 0. The Morgan fingerprint density at radius 3 is 2.84 bits per heavy atom. The first-order valence-electron chi connectivity index (χ1n) is 6.53. The number of rotatable bonds is 4. The Morgan fingerprint density at radius 1 is 1.42 bits per heavy atom. The summed E-state index contributed by atoms with van der Waals surface area (Å²) < 4.78 is 5.60. The third-order valence-corrected chi connectivity index (χ3v) is 3.34. The molecule has 1 aliphatic heterocycles. The Kier molecular flexibility index (Phi) is 4.27. The molecular weight excluding hydrogens is 244 g/mol. The van der Waals surface area contributed by atoms with Crippen LogP contribution in [-0.4, -0.2) is 55.3 Å². The average molecular weight is 264 g/mol. The molecule has 104 valence electrons. The van der Waals surface area contributed by atoms with Crippen LogP contribution in [0.3, 0.4) is 0 Å². The van der Waals surface area contributed by atoms with Crippen molar-refractivity contribution in [2.75, 3.05) is 38.2 Å². The third-order valence-electron chi connectivity index (χ3n) is 3.34. The first kappa shape index (κ1) is 13.7. The zero-order chi connectivity index (χ0) is 13.8. The van der Waals surface area contributed by atoms with Crippen molar-refractivity contribution in [3.63, 3.8) is 0 Å². The van der Waals surface area contributed by atoms with Gasteiger partial charge in [0, 0.05) is 19.6 Å². The van der Waals surface area contributed by atoms with E-state index in [0.717, 1.165) is 18.0 Å². The Bertz CT molecular complexity index is 450. The molecule has 0 amide bonds. The molecule has 1 fully saturated rings. The molecule has 0 spiro atoms. The Hall–Kier alpha value is -1.75. The second-order valence-electron chi connectivity index (χ2n) is 4.71. The topological polar surface area (TPSA) is 53.0 Å². The lowest BCUT2D eigenvalue weighted by Crippen LogP contribution is -2.55. The molecule has 1 saturated heterocycles. The van der Waals surface area contributed by atoms with Crippen molar-refractivity contribution in [1.82, 2.24) is 4.90 Å². The van der Waals surface area contributed by atoms with Gasteiger partial charge in [-0.1, -0.05) is 12.1 Å². The molecule has 0 aliphatic carbocycles. The van der Waals surface area contributed by atoms with E-state index in [1.807, 2.05) is 48.0 Å². The molecule has 5 heteroatoms. The minimum Gasteiger partial charge on any atom is -0.492 e. The van der Waals surface area contributed by atoms with Gasteiger partial charge in [-0.25, -0.2) is 4.79 Å². The van der Waals surface area contributed by atoms with E-state index in [0.29, 0.717) is 19.7 Å². The highest BCUT2D eigenvalue weighted by atomic mass is 16.5. The molecular formula is C14H20N2O3. The number of hydrogen-bond donors (Lipinski definition) is 1. The lowest BCUT2D eigenvalue weighted by atomic mass is 10.1. The minimum atomic E-state index is -0.794. The maximum absolute atomic E-state index is 11.4. The number of anilines is 1. The fraction of sp³-hybridized carbons (Fsp3) is 0.500. The van der Waals surface area contributed by atoms with Gasteiger partial charge < -0.3 is 19.6 Å². The van der Waals surface area contributed by atoms with Crippen LogP contribution in [0.15, 0.2) is 24.3 Å². The molecule has 0 saturated carbocycles. The number of likely N-dealkylation sites (N-methyl/N-ethyl adjacent to an activating group) is 1. The van der Waals surface area contributed by atoms with Gasteiger partial charge in [0.2, 0.25) is 0 Å². The number of benzene rings is 1. The van der Waals surface area contributed by atoms with Crippen molar-refractivity contribution in [1.29, 1.82) is 0 Å². The number of aliphatic carboxylic acids is 1. The number of ether oxygens (including phenoxy) is 1. The number of carboxylic acids is 1. The third kappa shape index (κ3) is 2.98. The van der Waals surface area contributed by atoms with E-state index in [4.69, 9.17) is 4.74 Å². The fourth-order valence-electron chi connectivity index (χ4n) is 2.39. The van der Waals surface area contributed by atoms with Gasteiger partial charge in [0.05, 0.1) is 12.3 Å². The molecule has 1 aliphatic rings. The summed E-state index contributed by atoms with van der Waals surface area (Å²) in [6, 6.07) is 7.10. The van der Waals surface area contributed by atoms with Gasteiger partial charge in [-0.2, -0.15) is 0 Å². The Balaban J connectivity index is 2.30. The summed E-state index contributed by atoms with van der Waals surface area (Å²) in [5.41, 5.74) is 0.866. The van der Waals surface area contributed by atoms with E-state index in [1.54, 1.807) is 0 Å². The summed E-state index contributed by atoms with van der Waals surface area (Å²) in [7, 11) is 1.95. The lowest BCUT2D eigenvalue weighted by Gasteiger charge is -2.39. The molecule has 1 unspecified atom stereocenters. The fourth-order valence-corrected chi connectivity index (χ4v) is 2.39. The normalized spacial score (nSPS) is 20.3. The van der Waals surface area contributed by atoms with E-state index in [1.165, 1.54) is 0 Å². The van der Waals surface area contributed by atoms with Crippen molar-refractivity contribution in [3.05, 3.63) is 24.3 Å². The van der Waals surface area contributed by atoms with Gasteiger partial charge in [0.1, 0.15) is 11.8 Å². The Labute approximate surface area is 113 Å². The molecule has 1 atom stereocenters. The zero-order valence-corrected chi connectivity index (χ0v) is 11.4. The smallest absolute Gasteiger partial charge is 0.327 e. The standard InChI is InChI=1S/C14H20N2O3/c1-3-19-13-7-5-4-6-11(13)16-9-8-15(2)10-12(16)14(17)18/h4-7,12H,3,8-10H2,1-2H3,(H,17,18). The van der Waals surface area contributed by atoms with Crippen LogP contribution in [0.2, 0.25) is 0 Å². The SMILES string of the molecule is CCOc1ccccc1N1CCN(C)CC1C(=O)O. The van der Waals surface area contributed by atoms with Gasteiger partial charge in [0.15, 0.2) is 0 Å². The first-order chi connectivity index (χ1) is 9.13. The van der Waals surface area contributed by atoms with Crippen LogP contribution < -0.4 is 9.64 Å². The van der Waals surface area contributed by atoms with Crippen molar-refractivity contribution in [2.24, 2.45) is 0 Å². The predicted molar refractivity (Wildman–Crippen MR) is 73.9 cm³/mol. The highest BCUT2D eigenvalue weighted by Crippen LogP contribution is 2.30. The summed E-state index contributed by atoms with van der Waals surface area (Å²) in [5.74, 6) is -0.0429. The molecule has 19 heavy (non-hydrogen) atoms. The number of nitrogens with zero attached hydrogens (tertiary/aromatic N) is 2. The summed E-state index contributed by atoms with van der Waals surface area (Å²) in [6.45, 7) is 4.57. The van der Waals surface area contributed by atoms with Crippen molar-refractivity contribution in [3.8, 4) is 5.75 Å². The second kappa shape index (κ2) is 5.93. The predicted octanol–water partition coefficient (Wildman–Crippen LogP) is 1.29. The summed E-state index contributed by atoms with van der Waals surface area (Å²) in [6.07, 6.45) is 0. The van der Waals surface area contributed by atoms with Gasteiger partial charge in [-0.15, -0.1) is 0 Å². The lowest BCUT2D eigenvalue weighted by molar-refractivity contribution is -0.139. The number of para-hydroxylation sites is 2. The molecule has 0 radical (unpaired) electrons. The van der Waals surface area contributed by atoms with Crippen molar-refractivity contribution >= 4 is 11.7 Å². The van der Waals surface area contributed by atoms with Crippen LogP contribution in [0.4, 0.5) is 5.69 Å². The first-order valence-corrected chi connectivity index (χ1v) is 6.53. The molecule has 1 aromatic carbocycles. The molecule has 0 bridgehead atoms. The van der Waals surface area contributed by atoms with Gasteiger partial charge in [-0.3, -0.25) is 0 Å². The molecule has 5 nitrogen and oxygen atoms in total. The van der Waals surface area contributed by atoms with E-state index >= 15 is 0 Å². The van der Waals surface area contributed by atoms with Crippen LogP contribution in [-0.2, 0) is 4.79 Å². The van der Waals surface area contributed by atoms with Gasteiger partial charge >= 0.3 is 5.97 Å². The summed E-state index contributed by atoms with van der Waals surface area (Å²) in [5, 5.41) is 9.40. The quantitative estimate of drug-likeness (QED) is 0.888. The highest BCUT2D eigenvalue weighted by Gasteiger charge is 2.32. The molecule has 1 heterocycles.